The lowest BCUT2D eigenvalue weighted by Gasteiger charge is -2.22. The monoisotopic (exact) mass is 301 g/mol. The summed E-state index contributed by atoms with van der Waals surface area (Å²) in [5.41, 5.74) is 2.42. The molecule has 0 aromatic heterocycles. The number of para-hydroxylation sites is 1. The van der Waals surface area contributed by atoms with Crippen molar-refractivity contribution < 1.29 is 4.74 Å². The van der Waals surface area contributed by atoms with E-state index >= 15 is 0 Å². The zero-order chi connectivity index (χ0) is 15.2. The van der Waals surface area contributed by atoms with Gasteiger partial charge in [-0.3, -0.25) is 0 Å². The van der Waals surface area contributed by atoms with Crippen LogP contribution in [0.2, 0.25) is 0 Å². The number of hydrogen-bond acceptors (Lipinski definition) is 3. The normalized spacial score (nSPS) is 12.4. The zero-order valence-electron chi connectivity index (χ0n) is 13.1. The van der Waals surface area contributed by atoms with E-state index in [-0.39, 0.29) is 12.1 Å². The molecule has 0 amide bonds. The van der Waals surface area contributed by atoms with Crippen LogP contribution in [0.4, 0.5) is 0 Å². The molecule has 0 spiro atoms. The first kappa shape index (κ1) is 15.9. The van der Waals surface area contributed by atoms with Gasteiger partial charge in [-0.25, -0.2) is 0 Å². The average Bonchev–Trinajstić information content (AvgIpc) is 2.50. The molecule has 0 saturated carbocycles. The van der Waals surface area contributed by atoms with Gasteiger partial charge < -0.3 is 10.1 Å². The van der Waals surface area contributed by atoms with Crippen molar-refractivity contribution in [3.63, 3.8) is 0 Å². The summed E-state index contributed by atoms with van der Waals surface area (Å²) in [5, 5.41) is 3.40. The maximum absolute atomic E-state index is 5.95. The van der Waals surface area contributed by atoms with Crippen LogP contribution in [0, 0.1) is 0 Å². The Balaban J connectivity index is 2.36. The van der Waals surface area contributed by atoms with Crippen molar-refractivity contribution in [3.8, 4) is 5.75 Å². The second kappa shape index (κ2) is 7.53. The van der Waals surface area contributed by atoms with Crippen molar-refractivity contribution >= 4 is 11.8 Å². The van der Waals surface area contributed by atoms with Crippen molar-refractivity contribution in [2.24, 2.45) is 0 Å². The molecule has 0 aliphatic heterocycles. The van der Waals surface area contributed by atoms with Gasteiger partial charge in [-0.1, -0.05) is 30.3 Å². The number of nitrogens with one attached hydrogen (secondary N) is 1. The summed E-state index contributed by atoms with van der Waals surface area (Å²) < 4.78 is 5.95. The van der Waals surface area contributed by atoms with Crippen LogP contribution >= 0.6 is 11.8 Å². The molecule has 112 valence electrons. The summed E-state index contributed by atoms with van der Waals surface area (Å²) in [4.78, 5) is 1.28. The van der Waals surface area contributed by atoms with Gasteiger partial charge in [0.25, 0.3) is 0 Å². The Hall–Kier alpha value is -1.45. The quantitative estimate of drug-likeness (QED) is 0.794. The average molecular weight is 301 g/mol. The summed E-state index contributed by atoms with van der Waals surface area (Å²) in [5.74, 6) is 0.945. The maximum Gasteiger partial charge on any atom is 0.124 e. The Morgan fingerprint density at radius 3 is 2.24 bits per heavy atom. The first-order valence-corrected chi connectivity index (χ1v) is 8.45. The molecule has 3 heteroatoms. The Bertz CT molecular complexity index is 566. The van der Waals surface area contributed by atoms with Gasteiger partial charge in [0.2, 0.25) is 0 Å². The van der Waals surface area contributed by atoms with Gasteiger partial charge >= 0.3 is 0 Å². The lowest BCUT2D eigenvalue weighted by atomic mass is 9.98. The van der Waals surface area contributed by atoms with Crippen LogP contribution < -0.4 is 10.1 Å². The predicted octanol–water partition coefficient (Wildman–Crippen LogP) is 4.50. The van der Waals surface area contributed by atoms with E-state index in [1.165, 1.54) is 16.0 Å². The number of rotatable bonds is 6. The van der Waals surface area contributed by atoms with Crippen LogP contribution in [0.3, 0.4) is 0 Å². The number of thioether (sulfide) groups is 1. The highest BCUT2D eigenvalue weighted by Crippen LogP contribution is 2.31. The third kappa shape index (κ3) is 4.02. The molecule has 0 bridgehead atoms. The standard InChI is InChI=1S/C18H23NOS/c1-13(2)20-17-8-6-5-7-16(17)18(19-3)14-9-11-15(21-4)12-10-14/h5-13,18-19H,1-4H3. The Morgan fingerprint density at radius 1 is 1.00 bits per heavy atom. The predicted molar refractivity (Wildman–Crippen MR) is 91.3 cm³/mol. The molecular formula is C18H23NOS. The van der Waals surface area contributed by atoms with Crippen LogP contribution in [0.25, 0.3) is 0 Å². The minimum absolute atomic E-state index is 0.135. The van der Waals surface area contributed by atoms with E-state index in [0.717, 1.165) is 5.75 Å². The molecule has 1 N–H and O–H groups in total. The van der Waals surface area contributed by atoms with Crippen LogP contribution in [-0.4, -0.2) is 19.4 Å². The van der Waals surface area contributed by atoms with E-state index in [9.17, 15) is 0 Å². The summed E-state index contributed by atoms with van der Waals surface area (Å²) in [6.07, 6.45) is 2.26. The summed E-state index contributed by atoms with van der Waals surface area (Å²) in [6.45, 7) is 4.11. The highest BCUT2D eigenvalue weighted by Gasteiger charge is 2.17. The van der Waals surface area contributed by atoms with Crippen molar-refractivity contribution in [1.82, 2.24) is 5.32 Å². The summed E-state index contributed by atoms with van der Waals surface area (Å²) in [6, 6.07) is 17.1. The Morgan fingerprint density at radius 2 is 1.67 bits per heavy atom. The Labute approximate surface area is 131 Å². The first-order chi connectivity index (χ1) is 10.2. The second-order valence-corrected chi connectivity index (χ2v) is 6.08. The molecule has 0 aliphatic rings. The molecule has 2 aromatic carbocycles. The summed E-state index contributed by atoms with van der Waals surface area (Å²) >= 11 is 1.76. The van der Waals surface area contributed by atoms with Crippen LogP contribution in [0.1, 0.15) is 31.0 Å². The van der Waals surface area contributed by atoms with E-state index in [2.05, 4.69) is 61.8 Å². The van der Waals surface area contributed by atoms with Gasteiger partial charge in [-0.05, 0) is 50.9 Å². The molecule has 1 atom stereocenters. The second-order valence-electron chi connectivity index (χ2n) is 5.20. The molecule has 2 aromatic rings. The van der Waals surface area contributed by atoms with Crippen molar-refractivity contribution in [2.45, 2.75) is 30.9 Å². The van der Waals surface area contributed by atoms with Crippen LogP contribution in [0.5, 0.6) is 5.75 Å². The van der Waals surface area contributed by atoms with Gasteiger partial charge in [0.15, 0.2) is 0 Å². The zero-order valence-corrected chi connectivity index (χ0v) is 13.9. The molecular weight excluding hydrogens is 278 g/mol. The number of ether oxygens (including phenoxy) is 1. The van der Waals surface area contributed by atoms with Gasteiger partial charge in [0.1, 0.15) is 5.75 Å². The largest absolute Gasteiger partial charge is 0.491 e. The maximum atomic E-state index is 5.95. The lowest BCUT2D eigenvalue weighted by Crippen LogP contribution is -2.19. The van der Waals surface area contributed by atoms with Crippen molar-refractivity contribution in [3.05, 3.63) is 59.7 Å². The van der Waals surface area contributed by atoms with Crippen LogP contribution in [-0.2, 0) is 0 Å². The molecule has 2 rings (SSSR count). The van der Waals surface area contributed by atoms with E-state index in [4.69, 9.17) is 4.74 Å². The van der Waals surface area contributed by atoms with Crippen molar-refractivity contribution in [1.29, 1.82) is 0 Å². The fourth-order valence-corrected chi connectivity index (χ4v) is 2.79. The molecule has 0 saturated heterocycles. The lowest BCUT2D eigenvalue weighted by molar-refractivity contribution is 0.238. The van der Waals surface area contributed by atoms with Gasteiger partial charge in [-0.2, -0.15) is 0 Å². The molecule has 0 fully saturated rings. The summed E-state index contributed by atoms with van der Waals surface area (Å²) in [7, 11) is 1.99. The molecule has 1 unspecified atom stereocenters. The van der Waals surface area contributed by atoms with E-state index in [0.29, 0.717) is 0 Å². The molecule has 0 heterocycles. The highest BCUT2D eigenvalue weighted by molar-refractivity contribution is 7.98. The molecule has 0 radical (unpaired) electrons. The first-order valence-electron chi connectivity index (χ1n) is 7.22. The van der Waals surface area contributed by atoms with Gasteiger partial charge in [0.05, 0.1) is 12.1 Å². The Kier molecular flexibility index (Phi) is 5.71. The minimum Gasteiger partial charge on any atom is -0.491 e. The smallest absolute Gasteiger partial charge is 0.124 e. The van der Waals surface area contributed by atoms with Gasteiger partial charge in [0, 0.05) is 10.5 Å². The topological polar surface area (TPSA) is 21.3 Å². The number of hydrogen-bond donors (Lipinski definition) is 1. The highest BCUT2D eigenvalue weighted by atomic mass is 32.2. The van der Waals surface area contributed by atoms with Crippen molar-refractivity contribution in [2.75, 3.05) is 13.3 Å². The minimum atomic E-state index is 0.135. The van der Waals surface area contributed by atoms with Crippen LogP contribution in [0.15, 0.2) is 53.4 Å². The van der Waals surface area contributed by atoms with E-state index < -0.39 is 0 Å². The number of benzene rings is 2. The fraction of sp³-hybridized carbons (Fsp3) is 0.333. The molecule has 0 aliphatic carbocycles. The SMILES string of the molecule is CNC(c1ccc(SC)cc1)c1ccccc1OC(C)C. The third-order valence-electron chi connectivity index (χ3n) is 3.33. The molecule has 21 heavy (non-hydrogen) atoms. The van der Waals surface area contributed by atoms with E-state index in [1.54, 1.807) is 11.8 Å². The molecule has 2 nitrogen and oxygen atoms in total. The fourth-order valence-electron chi connectivity index (χ4n) is 2.38. The van der Waals surface area contributed by atoms with Gasteiger partial charge in [-0.15, -0.1) is 11.8 Å². The van der Waals surface area contributed by atoms with E-state index in [1.807, 2.05) is 19.2 Å². The third-order valence-corrected chi connectivity index (χ3v) is 4.07.